The van der Waals surface area contributed by atoms with Crippen molar-refractivity contribution in [2.45, 2.75) is 348 Å². The van der Waals surface area contributed by atoms with Crippen LogP contribution in [0, 0.1) is 0 Å². The molecule has 6 heteroatoms. The SMILES string of the molecule is CC/C=C\C/C=C\C/C=C\C/C=C\C/C=C\CC(=O)OC(COC(=O)CCCCCCCCCC)COC(=O)CCCCCCCCCCCCCCCCCCCCCCCCCCCCCCCCCCCC. The van der Waals surface area contributed by atoms with Gasteiger partial charge in [0.05, 0.1) is 6.42 Å². The molecule has 6 nitrogen and oxygen atoms in total. The maximum Gasteiger partial charge on any atom is 0.310 e. The van der Waals surface area contributed by atoms with Gasteiger partial charge in [-0.25, -0.2) is 0 Å². The van der Waals surface area contributed by atoms with E-state index in [9.17, 15) is 14.4 Å². The molecule has 0 aliphatic carbocycles. The van der Waals surface area contributed by atoms with E-state index in [0.717, 1.165) is 70.6 Å². The Morgan fingerprint density at radius 3 is 0.760 bits per heavy atom. The number of rotatable bonds is 60. The first-order chi connectivity index (χ1) is 37.0. The summed E-state index contributed by atoms with van der Waals surface area (Å²) in [7, 11) is 0. The third-order valence-electron chi connectivity index (χ3n) is 14.6. The molecule has 0 saturated heterocycles. The van der Waals surface area contributed by atoms with Crippen molar-refractivity contribution < 1.29 is 28.6 Å². The second-order valence-corrected chi connectivity index (χ2v) is 22.0. The molecule has 0 bridgehead atoms. The zero-order valence-electron chi connectivity index (χ0n) is 50.1. The third-order valence-corrected chi connectivity index (χ3v) is 14.6. The van der Waals surface area contributed by atoms with E-state index in [1.54, 1.807) is 6.08 Å². The van der Waals surface area contributed by atoms with Crippen molar-refractivity contribution in [3.05, 3.63) is 60.8 Å². The van der Waals surface area contributed by atoms with Gasteiger partial charge < -0.3 is 14.2 Å². The summed E-state index contributed by atoms with van der Waals surface area (Å²) in [5.41, 5.74) is 0. The number of hydrogen-bond donors (Lipinski definition) is 0. The van der Waals surface area contributed by atoms with Gasteiger partial charge in [0.15, 0.2) is 6.10 Å². The van der Waals surface area contributed by atoms with Crippen LogP contribution in [0.5, 0.6) is 0 Å². The van der Waals surface area contributed by atoms with E-state index >= 15 is 0 Å². The largest absolute Gasteiger partial charge is 0.462 e. The molecule has 0 aliphatic rings. The first kappa shape index (κ1) is 72.1. The fourth-order valence-electron chi connectivity index (χ4n) is 9.70. The summed E-state index contributed by atoms with van der Waals surface area (Å²) in [6, 6.07) is 0. The fourth-order valence-corrected chi connectivity index (χ4v) is 9.70. The monoisotopic (exact) mass is 1050 g/mol. The number of unbranched alkanes of at least 4 members (excludes halogenated alkanes) is 40. The predicted molar refractivity (Wildman–Crippen MR) is 325 cm³/mol. The fraction of sp³-hybridized carbons (Fsp3) is 0.812. The molecule has 0 saturated carbocycles. The number of hydrogen-bond acceptors (Lipinski definition) is 6. The number of allylic oxidation sites excluding steroid dienone is 9. The van der Waals surface area contributed by atoms with E-state index in [1.165, 1.54) is 231 Å². The van der Waals surface area contributed by atoms with Crippen LogP contribution in [0.25, 0.3) is 0 Å². The molecule has 75 heavy (non-hydrogen) atoms. The average Bonchev–Trinajstić information content (AvgIpc) is 3.41. The molecule has 1 unspecified atom stereocenters. The highest BCUT2D eigenvalue weighted by Gasteiger charge is 2.19. The standard InChI is InChI=1S/C69H124O6/c1-4-7-10-13-16-19-21-23-25-26-27-28-29-30-31-32-33-34-35-36-37-38-39-40-41-42-43-45-46-48-50-53-56-59-62-68(71)74-65-66(64-73-67(70)61-58-55-52-18-15-12-9-6-3)75-69(72)63-60-57-54-51-49-47-44-24-22-20-17-14-11-8-5-2/h8,11,17,20,24,44,49,51,57,60,66H,4-7,9-10,12-16,18-19,21-23,25-43,45-48,50,52-56,58-59,61-65H2,1-3H3/b11-8-,20-17-,44-24-,51-49-,60-57-. The molecule has 0 radical (unpaired) electrons. The highest BCUT2D eigenvalue weighted by Crippen LogP contribution is 2.18. The summed E-state index contributed by atoms with van der Waals surface area (Å²) in [5, 5.41) is 0. The van der Waals surface area contributed by atoms with Crippen molar-refractivity contribution in [1.29, 1.82) is 0 Å². The molecular formula is C69H124O6. The molecule has 1 atom stereocenters. The molecule has 0 spiro atoms. The van der Waals surface area contributed by atoms with E-state index in [4.69, 9.17) is 14.2 Å². The Bertz CT molecular complexity index is 1340. The lowest BCUT2D eigenvalue weighted by Crippen LogP contribution is -2.30. The van der Waals surface area contributed by atoms with Crippen LogP contribution in [0.4, 0.5) is 0 Å². The van der Waals surface area contributed by atoms with Crippen molar-refractivity contribution >= 4 is 17.9 Å². The van der Waals surface area contributed by atoms with Crippen molar-refractivity contribution in [3.63, 3.8) is 0 Å². The summed E-state index contributed by atoms with van der Waals surface area (Å²) >= 11 is 0. The van der Waals surface area contributed by atoms with Crippen LogP contribution in [0.1, 0.15) is 342 Å². The molecular weight excluding hydrogens is 925 g/mol. The second-order valence-electron chi connectivity index (χ2n) is 22.0. The Kier molecular flexibility index (Phi) is 61.2. The molecule has 0 aliphatic heterocycles. The Hall–Kier alpha value is -2.89. The second kappa shape index (κ2) is 63.6. The van der Waals surface area contributed by atoms with Crippen LogP contribution < -0.4 is 0 Å². The first-order valence-electron chi connectivity index (χ1n) is 32.8. The minimum Gasteiger partial charge on any atom is -0.462 e. The molecule has 0 heterocycles. The molecule has 0 fully saturated rings. The molecule has 436 valence electrons. The van der Waals surface area contributed by atoms with Gasteiger partial charge in [-0.15, -0.1) is 0 Å². The zero-order chi connectivity index (χ0) is 54.3. The number of esters is 3. The Morgan fingerprint density at radius 1 is 0.280 bits per heavy atom. The zero-order valence-corrected chi connectivity index (χ0v) is 50.1. The Labute approximate surface area is 466 Å². The lowest BCUT2D eigenvalue weighted by Gasteiger charge is -2.18. The van der Waals surface area contributed by atoms with Gasteiger partial charge in [0.25, 0.3) is 0 Å². The van der Waals surface area contributed by atoms with Crippen LogP contribution in [0.3, 0.4) is 0 Å². The van der Waals surface area contributed by atoms with Crippen LogP contribution in [-0.2, 0) is 28.6 Å². The van der Waals surface area contributed by atoms with Crippen molar-refractivity contribution in [2.24, 2.45) is 0 Å². The molecule has 0 aromatic carbocycles. The highest BCUT2D eigenvalue weighted by molar-refractivity contribution is 5.72. The van der Waals surface area contributed by atoms with E-state index < -0.39 is 12.1 Å². The highest BCUT2D eigenvalue weighted by atomic mass is 16.6. The Morgan fingerprint density at radius 2 is 0.507 bits per heavy atom. The van der Waals surface area contributed by atoms with Gasteiger partial charge in [-0.3, -0.25) is 14.4 Å². The summed E-state index contributed by atoms with van der Waals surface area (Å²) in [6.45, 7) is 6.45. The third kappa shape index (κ3) is 61.8. The van der Waals surface area contributed by atoms with Gasteiger partial charge in [-0.05, 0) is 44.9 Å². The minimum absolute atomic E-state index is 0.101. The molecule has 0 aromatic heterocycles. The van der Waals surface area contributed by atoms with Gasteiger partial charge in [0.2, 0.25) is 0 Å². The van der Waals surface area contributed by atoms with Gasteiger partial charge in [-0.1, -0.05) is 338 Å². The van der Waals surface area contributed by atoms with Crippen LogP contribution in [0.15, 0.2) is 60.8 Å². The quantitative estimate of drug-likeness (QED) is 0.0261. The number of carbonyl (C=O) groups excluding carboxylic acids is 3. The summed E-state index contributed by atoms with van der Waals surface area (Å²) < 4.78 is 16.7. The maximum atomic E-state index is 12.8. The van der Waals surface area contributed by atoms with Crippen LogP contribution in [-0.4, -0.2) is 37.2 Å². The van der Waals surface area contributed by atoms with Gasteiger partial charge in [-0.2, -0.15) is 0 Å². The van der Waals surface area contributed by atoms with Crippen LogP contribution >= 0.6 is 0 Å². The Balaban J connectivity index is 4.00. The lowest BCUT2D eigenvalue weighted by atomic mass is 10.0. The summed E-state index contributed by atoms with van der Waals surface area (Å²) in [6.07, 6.45) is 81.8. The lowest BCUT2D eigenvalue weighted by molar-refractivity contribution is -0.166. The van der Waals surface area contributed by atoms with Crippen molar-refractivity contribution in [1.82, 2.24) is 0 Å². The van der Waals surface area contributed by atoms with E-state index in [-0.39, 0.29) is 31.6 Å². The summed E-state index contributed by atoms with van der Waals surface area (Å²) in [4.78, 5) is 38.0. The molecule has 0 aromatic rings. The van der Waals surface area contributed by atoms with E-state index in [0.29, 0.717) is 12.8 Å². The van der Waals surface area contributed by atoms with E-state index in [1.807, 2.05) is 6.08 Å². The van der Waals surface area contributed by atoms with Crippen LogP contribution in [0.2, 0.25) is 0 Å². The molecule has 0 amide bonds. The van der Waals surface area contributed by atoms with Crippen molar-refractivity contribution in [3.8, 4) is 0 Å². The summed E-state index contributed by atoms with van der Waals surface area (Å²) in [5.74, 6) is -1.03. The molecule has 0 N–H and O–H groups in total. The maximum absolute atomic E-state index is 12.8. The van der Waals surface area contributed by atoms with E-state index in [2.05, 4.69) is 69.4 Å². The average molecular weight is 1050 g/mol. The number of carbonyl (C=O) groups is 3. The topological polar surface area (TPSA) is 78.9 Å². The smallest absolute Gasteiger partial charge is 0.310 e. The normalized spacial score (nSPS) is 12.4. The van der Waals surface area contributed by atoms with Gasteiger partial charge >= 0.3 is 17.9 Å². The van der Waals surface area contributed by atoms with Crippen molar-refractivity contribution in [2.75, 3.05) is 13.2 Å². The van der Waals surface area contributed by atoms with Gasteiger partial charge in [0, 0.05) is 12.8 Å². The predicted octanol–water partition coefficient (Wildman–Crippen LogP) is 22.3. The first-order valence-corrected chi connectivity index (χ1v) is 32.8. The number of ether oxygens (including phenoxy) is 3. The molecule has 0 rings (SSSR count). The minimum atomic E-state index is -0.824. The van der Waals surface area contributed by atoms with Gasteiger partial charge in [0.1, 0.15) is 13.2 Å².